The van der Waals surface area contributed by atoms with Gasteiger partial charge in [0.1, 0.15) is 0 Å². The first-order chi connectivity index (χ1) is 11.6. The maximum Gasteiger partial charge on any atom is 0.261 e. The summed E-state index contributed by atoms with van der Waals surface area (Å²) in [6.07, 6.45) is 1.68. The lowest BCUT2D eigenvalue weighted by Crippen LogP contribution is -2.51. The minimum Gasteiger partial charge on any atom is -0.388 e. The van der Waals surface area contributed by atoms with Crippen LogP contribution in [-0.4, -0.2) is 54.8 Å². The molecule has 24 heavy (non-hydrogen) atoms. The normalized spacial score (nSPS) is 19.2. The van der Waals surface area contributed by atoms with E-state index in [2.05, 4.69) is 17.3 Å². The van der Waals surface area contributed by atoms with Crippen molar-refractivity contribution < 1.29 is 9.59 Å². The molecule has 0 saturated carbocycles. The Hall–Kier alpha value is -2.40. The van der Waals surface area contributed by atoms with Crippen LogP contribution in [0.4, 0.5) is 5.69 Å². The number of amides is 2. The number of rotatable bonds is 2. The topological polar surface area (TPSA) is 52.7 Å². The molecule has 1 N–H and O–H groups in total. The van der Waals surface area contributed by atoms with Crippen molar-refractivity contribution in [2.45, 2.75) is 18.9 Å². The van der Waals surface area contributed by atoms with E-state index in [1.807, 2.05) is 37.4 Å². The van der Waals surface area contributed by atoms with Gasteiger partial charge in [0.25, 0.3) is 11.8 Å². The molecule has 5 heteroatoms. The van der Waals surface area contributed by atoms with Crippen LogP contribution in [0.3, 0.4) is 0 Å². The summed E-state index contributed by atoms with van der Waals surface area (Å²) in [7, 11) is 3.92. The monoisotopic (exact) mass is 323 g/mol. The number of carbonyl (C=O) groups is 2. The maximum atomic E-state index is 13.1. The lowest BCUT2D eigenvalue weighted by molar-refractivity contribution is 0.0471. The van der Waals surface area contributed by atoms with Gasteiger partial charge in [0, 0.05) is 40.7 Å². The van der Waals surface area contributed by atoms with Gasteiger partial charge in [0.2, 0.25) is 0 Å². The van der Waals surface area contributed by atoms with E-state index in [1.54, 1.807) is 0 Å². The molecule has 0 aromatic heterocycles. The highest BCUT2D eigenvalue weighted by Crippen LogP contribution is 2.35. The fourth-order valence-corrected chi connectivity index (χ4v) is 3.92. The number of hydrogen-bond donors (Lipinski definition) is 1. The van der Waals surface area contributed by atoms with Gasteiger partial charge in [0.05, 0.1) is 0 Å². The highest BCUT2D eigenvalue weighted by Gasteiger charge is 2.38. The van der Waals surface area contributed by atoms with Gasteiger partial charge >= 0.3 is 0 Å². The predicted molar refractivity (Wildman–Crippen MR) is 94.5 cm³/mol. The first kappa shape index (κ1) is 15.1. The molecule has 0 aliphatic carbocycles. The molecule has 0 bridgehead atoms. The summed E-state index contributed by atoms with van der Waals surface area (Å²) in [4.78, 5) is 29.9. The van der Waals surface area contributed by atoms with E-state index in [1.165, 1.54) is 4.90 Å². The fraction of sp³-hybridized carbons (Fsp3) is 0.368. The van der Waals surface area contributed by atoms with Crippen molar-refractivity contribution in [2.75, 3.05) is 32.5 Å². The Balaban J connectivity index is 1.84. The number of benzene rings is 2. The molecule has 0 atom stereocenters. The number of carbonyl (C=O) groups excluding carboxylic acids is 2. The minimum atomic E-state index is -0.152. The van der Waals surface area contributed by atoms with Crippen LogP contribution < -0.4 is 5.32 Å². The van der Waals surface area contributed by atoms with Crippen LogP contribution in [-0.2, 0) is 0 Å². The zero-order valence-corrected chi connectivity index (χ0v) is 14.0. The fourth-order valence-electron chi connectivity index (χ4n) is 3.92. The van der Waals surface area contributed by atoms with Crippen molar-refractivity contribution in [1.29, 1.82) is 0 Å². The molecule has 2 aromatic rings. The van der Waals surface area contributed by atoms with Crippen LogP contribution in [0.1, 0.15) is 33.6 Å². The molecule has 5 nitrogen and oxygen atoms in total. The number of imide groups is 1. The lowest BCUT2D eigenvalue weighted by Gasteiger charge is -2.38. The Morgan fingerprint density at radius 1 is 1.00 bits per heavy atom. The number of nitrogens with one attached hydrogen (secondary N) is 1. The van der Waals surface area contributed by atoms with E-state index in [9.17, 15) is 9.59 Å². The zero-order chi connectivity index (χ0) is 16.8. The number of likely N-dealkylation sites (tertiary alicyclic amines) is 1. The summed E-state index contributed by atoms with van der Waals surface area (Å²) in [5, 5.41) is 4.85. The second kappa shape index (κ2) is 5.60. The Bertz CT molecular complexity index is 816. The van der Waals surface area contributed by atoms with E-state index >= 15 is 0 Å². The zero-order valence-electron chi connectivity index (χ0n) is 14.0. The van der Waals surface area contributed by atoms with Crippen molar-refractivity contribution in [3.05, 3.63) is 41.5 Å². The Morgan fingerprint density at radius 3 is 2.33 bits per heavy atom. The van der Waals surface area contributed by atoms with Gasteiger partial charge in [-0.05, 0) is 51.2 Å². The third kappa shape index (κ3) is 2.12. The van der Waals surface area contributed by atoms with Crippen LogP contribution in [0.15, 0.2) is 30.3 Å². The molecule has 1 saturated heterocycles. The first-order valence-corrected chi connectivity index (χ1v) is 8.41. The average molecular weight is 323 g/mol. The molecule has 0 spiro atoms. The third-order valence-corrected chi connectivity index (χ3v) is 5.26. The molecule has 2 aliphatic heterocycles. The number of piperidine rings is 1. The van der Waals surface area contributed by atoms with Crippen molar-refractivity contribution in [1.82, 2.24) is 9.80 Å². The molecule has 2 amide bonds. The second-order valence-electron chi connectivity index (χ2n) is 6.65. The number of nitrogens with zero attached hydrogens (tertiary/aromatic N) is 2. The van der Waals surface area contributed by atoms with Gasteiger partial charge in [0.15, 0.2) is 0 Å². The molecule has 2 heterocycles. The molecule has 1 fully saturated rings. The van der Waals surface area contributed by atoms with E-state index in [4.69, 9.17) is 0 Å². The quantitative estimate of drug-likeness (QED) is 0.863. The average Bonchev–Trinajstić information content (AvgIpc) is 2.61. The smallest absolute Gasteiger partial charge is 0.261 e. The molecule has 0 unspecified atom stereocenters. The second-order valence-corrected chi connectivity index (χ2v) is 6.65. The largest absolute Gasteiger partial charge is 0.388 e. The van der Waals surface area contributed by atoms with Crippen LogP contribution in [0.25, 0.3) is 10.8 Å². The minimum absolute atomic E-state index is 0.00594. The van der Waals surface area contributed by atoms with E-state index < -0.39 is 0 Å². The van der Waals surface area contributed by atoms with Gasteiger partial charge in [-0.2, -0.15) is 0 Å². The standard InChI is InChI=1S/C19H21N3O2/c1-20-16-7-6-15-17-13(16)4-3-5-14(17)18(23)22(19(15)24)12-8-10-21(2)11-9-12/h3-7,12,20H,8-11H2,1-2H3. The Labute approximate surface area is 141 Å². The molecule has 2 aromatic carbocycles. The van der Waals surface area contributed by atoms with E-state index in [0.29, 0.717) is 11.1 Å². The first-order valence-electron chi connectivity index (χ1n) is 8.41. The summed E-state index contributed by atoms with van der Waals surface area (Å²) >= 11 is 0. The summed E-state index contributed by atoms with van der Waals surface area (Å²) in [5.74, 6) is -0.304. The summed E-state index contributed by atoms with van der Waals surface area (Å²) in [6.45, 7) is 1.83. The van der Waals surface area contributed by atoms with E-state index in [0.717, 1.165) is 42.4 Å². The molecular formula is C19H21N3O2. The lowest BCUT2D eigenvalue weighted by atomic mass is 9.90. The SMILES string of the molecule is CNc1ccc2c3c(cccc13)C(=O)N(C1CCN(C)CC1)C2=O. The van der Waals surface area contributed by atoms with Crippen LogP contribution in [0.5, 0.6) is 0 Å². The maximum absolute atomic E-state index is 13.1. The Kier molecular flexibility index (Phi) is 3.53. The molecule has 4 rings (SSSR count). The van der Waals surface area contributed by atoms with Crippen LogP contribution in [0.2, 0.25) is 0 Å². The Morgan fingerprint density at radius 2 is 1.67 bits per heavy atom. The summed E-state index contributed by atoms with van der Waals surface area (Å²) < 4.78 is 0. The van der Waals surface area contributed by atoms with Gasteiger partial charge in [-0.25, -0.2) is 0 Å². The molecular weight excluding hydrogens is 302 g/mol. The van der Waals surface area contributed by atoms with Gasteiger partial charge in [-0.1, -0.05) is 12.1 Å². The predicted octanol–water partition coefficient (Wildman–Crippen LogP) is 2.57. The highest BCUT2D eigenvalue weighted by molar-refractivity contribution is 6.26. The van der Waals surface area contributed by atoms with Crippen molar-refractivity contribution in [3.63, 3.8) is 0 Å². The van der Waals surface area contributed by atoms with Crippen molar-refractivity contribution in [2.24, 2.45) is 0 Å². The van der Waals surface area contributed by atoms with Crippen molar-refractivity contribution >= 4 is 28.3 Å². The van der Waals surface area contributed by atoms with Gasteiger partial charge < -0.3 is 10.2 Å². The van der Waals surface area contributed by atoms with Crippen LogP contribution >= 0.6 is 0 Å². The highest BCUT2D eigenvalue weighted by atomic mass is 16.2. The number of hydrogen-bond acceptors (Lipinski definition) is 4. The molecule has 124 valence electrons. The summed E-state index contributed by atoms with van der Waals surface area (Å²) in [5.41, 5.74) is 2.21. The van der Waals surface area contributed by atoms with E-state index in [-0.39, 0.29) is 17.9 Å². The van der Waals surface area contributed by atoms with Gasteiger partial charge in [-0.3, -0.25) is 14.5 Å². The molecule has 0 radical (unpaired) electrons. The number of anilines is 1. The third-order valence-electron chi connectivity index (χ3n) is 5.26. The molecule has 2 aliphatic rings. The van der Waals surface area contributed by atoms with Gasteiger partial charge in [-0.15, -0.1) is 0 Å². The summed E-state index contributed by atoms with van der Waals surface area (Å²) in [6, 6.07) is 9.44. The van der Waals surface area contributed by atoms with Crippen molar-refractivity contribution in [3.8, 4) is 0 Å². The van der Waals surface area contributed by atoms with Crippen LogP contribution in [0, 0.1) is 0 Å².